The predicted molar refractivity (Wildman–Crippen MR) is 121 cm³/mol. The van der Waals surface area contributed by atoms with Gasteiger partial charge in [-0.2, -0.15) is 0 Å². The van der Waals surface area contributed by atoms with Crippen molar-refractivity contribution >= 4 is 38.1 Å². The van der Waals surface area contributed by atoms with E-state index in [1.807, 2.05) is 25.3 Å². The lowest BCUT2D eigenvalue weighted by Crippen LogP contribution is -2.14. The molecule has 0 aliphatic rings. The largest absolute Gasteiger partial charge is 0.466 e. The molecular weight excluding hydrogens is 453 g/mol. The van der Waals surface area contributed by atoms with Gasteiger partial charge in [-0.3, -0.25) is 14.8 Å². The van der Waals surface area contributed by atoms with Crippen molar-refractivity contribution in [2.24, 2.45) is 0 Å². The van der Waals surface area contributed by atoms with E-state index in [1.165, 1.54) is 47.7 Å². The number of aryl methyl sites for hydroxylation is 2. The van der Waals surface area contributed by atoms with Crippen molar-refractivity contribution in [1.29, 1.82) is 0 Å². The molecule has 4 aromatic rings. The fraction of sp³-hybridized carbons (Fsp3) is 0.0909. The molecule has 2 heterocycles. The quantitative estimate of drug-likeness (QED) is 0.402. The number of thiazole rings is 1. The van der Waals surface area contributed by atoms with Gasteiger partial charge in [-0.05, 0) is 68.4 Å². The van der Waals surface area contributed by atoms with Gasteiger partial charge in [0.05, 0.1) is 10.6 Å². The number of carbonyl (C=O) groups excluding carboxylic acids is 1. The van der Waals surface area contributed by atoms with E-state index in [-0.39, 0.29) is 16.1 Å². The second kappa shape index (κ2) is 8.56. The Labute approximate surface area is 188 Å². The lowest BCUT2D eigenvalue weighted by atomic mass is 10.2. The first-order valence-corrected chi connectivity index (χ1v) is 11.8. The molecule has 0 spiro atoms. The second-order valence-corrected chi connectivity index (χ2v) is 9.50. The van der Waals surface area contributed by atoms with E-state index in [0.717, 1.165) is 29.2 Å². The molecular formula is C22H18FN3O4S2. The zero-order valence-electron chi connectivity index (χ0n) is 17.0. The number of anilines is 2. The molecule has 1 amide bonds. The van der Waals surface area contributed by atoms with Gasteiger partial charge in [-0.25, -0.2) is 17.8 Å². The normalized spacial score (nSPS) is 11.3. The Hall–Kier alpha value is -3.50. The maximum atomic E-state index is 13.0. The number of nitrogens with zero attached hydrogens (tertiary/aromatic N) is 1. The summed E-state index contributed by atoms with van der Waals surface area (Å²) < 4.78 is 45.9. The highest BCUT2D eigenvalue weighted by molar-refractivity contribution is 7.92. The molecule has 4 rings (SSSR count). The van der Waals surface area contributed by atoms with Gasteiger partial charge in [0.2, 0.25) is 0 Å². The topological polar surface area (TPSA) is 101 Å². The summed E-state index contributed by atoms with van der Waals surface area (Å²) in [7, 11) is -3.88. The molecule has 0 bridgehead atoms. The number of benzene rings is 2. The van der Waals surface area contributed by atoms with Gasteiger partial charge in [0.1, 0.15) is 17.3 Å². The number of furan rings is 1. The number of aromatic nitrogens is 1. The summed E-state index contributed by atoms with van der Waals surface area (Å²) >= 11 is 1.28. The molecule has 10 heteroatoms. The Balaban J connectivity index is 1.45. The molecule has 0 unspecified atom stereocenters. The van der Waals surface area contributed by atoms with E-state index in [2.05, 4.69) is 15.0 Å². The Kier molecular flexibility index (Phi) is 5.81. The number of carbonyl (C=O) groups is 1. The van der Waals surface area contributed by atoms with Gasteiger partial charge in [-0.1, -0.05) is 0 Å². The standard InChI is InChI=1S/C22H18FN3O4S2/c1-13-11-19(14(2)30-13)20-12-31-22(24-20)25-21(27)15-3-9-18(10-4-15)32(28,29)26-17-7-5-16(23)6-8-17/h3-12,26H,1-2H3,(H,24,25,27). The SMILES string of the molecule is Cc1cc(-c2csc(NC(=O)c3ccc(S(=O)(=O)Nc4ccc(F)cc4)cc3)n2)c(C)o1. The van der Waals surface area contributed by atoms with E-state index in [0.29, 0.717) is 10.8 Å². The molecule has 7 nitrogen and oxygen atoms in total. The molecule has 164 valence electrons. The molecule has 0 aliphatic heterocycles. The molecule has 0 aliphatic carbocycles. The van der Waals surface area contributed by atoms with E-state index in [9.17, 15) is 17.6 Å². The molecule has 0 radical (unpaired) electrons. The van der Waals surface area contributed by atoms with Crippen LogP contribution < -0.4 is 10.0 Å². The Bertz CT molecular complexity index is 1380. The third-order valence-electron chi connectivity index (χ3n) is 4.56. The van der Waals surface area contributed by atoms with Crippen molar-refractivity contribution in [1.82, 2.24) is 4.98 Å². The van der Waals surface area contributed by atoms with Crippen LogP contribution in [-0.4, -0.2) is 19.3 Å². The first-order valence-electron chi connectivity index (χ1n) is 9.44. The van der Waals surface area contributed by atoms with Crippen LogP contribution in [0.2, 0.25) is 0 Å². The van der Waals surface area contributed by atoms with Crippen LogP contribution in [0, 0.1) is 19.7 Å². The first kappa shape index (κ1) is 21.7. The average molecular weight is 472 g/mol. The first-order chi connectivity index (χ1) is 15.2. The molecule has 0 saturated heterocycles. The maximum absolute atomic E-state index is 13.0. The Morgan fingerprint density at radius 1 is 1.06 bits per heavy atom. The third-order valence-corrected chi connectivity index (χ3v) is 6.72. The summed E-state index contributed by atoms with van der Waals surface area (Å²) in [5, 5.41) is 4.95. The highest BCUT2D eigenvalue weighted by Crippen LogP contribution is 2.29. The number of hydrogen-bond donors (Lipinski definition) is 2. The fourth-order valence-electron chi connectivity index (χ4n) is 3.03. The van der Waals surface area contributed by atoms with Gasteiger partial charge in [0, 0.05) is 22.2 Å². The number of nitrogens with one attached hydrogen (secondary N) is 2. The fourth-order valence-corrected chi connectivity index (χ4v) is 4.79. The smallest absolute Gasteiger partial charge is 0.261 e. The average Bonchev–Trinajstić information content (AvgIpc) is 3.35. The number of rotatable bonds is 6. The summed E-state index contributed by atoms with van der Waals surface area (Å²) in [6.45, 7) is 3.70. The third kappa shape index (κ3) is 4.71. The molecule has 0 atom stereocenters. The van der Waals surface area contributed by atoms with E-state index < -0.39 is 21.7 Å². The molecule has 2 aromatic carbocycles. The van der Waals surface area contributed by atoms with Crippen LogP contribution in [0.15, 0.2) is 69.3 Å². The van der Waals surface area contributed by atoms with Crippen LogP contribution >= 0.6 is 11.3 Å². The van der Waals surface area contributed by atoms with Crippen molar-refractivity contribution < 1.29 is 22.0 Å². The molecule has 2 N–H and O–H groups in total. The predicted octanol–water partition coefficient (Wildman–Crippen LogP) is 5.21. The van der Waals surface area contributed by atoms with Gasteiger partial charge >= 0.3 is 0 Å². The van der Waals surface area contributed by atoms with Crippen LogP contribution in [0.4, 0.5) is 15.2 Å². The molecule has 32 heavy (non-hydrogen) atoms. The minimum Gasteiger partial charge on any atom is -0.466 e. The van der Waals surface area contributed by atoms with Gasteiger partial charge in [0.15, 0.2) is 5.13 Å². The monoisotopic (exact) mass is 471 g/mol. The zero-order valence-corrected chi connectivity index (χ0v) is 18.7. The van der Waals surface area contributed by atoms with Crippen molar-refractivity contribution in [2.45, 2.75) is 18.7 Å². The lowest BCUT2D eigenvalue weighted by Gasteiger charge is -2.09. The molecule has 0 fully saturated rings. The van der Waals surface area contributed by atoms with E-state index in [1.54, 1.807) is 0 Å². The minimum atomic E-state index is -3.88. The summed E-state index contributed by atoms with van der Waals surface area (Å²) in [6.07, 6.45) is 0. The number of amides is 1. The van der Waals surface area contributed by atoms with E-state index in [4.69, 9.17) is 4.42 Å². The summed E-state index contributed by atoms with van der Waals surface area (Å²) in [4.78, 5) is 16.9. The summed E-state index contributed by atoms with van der Waals surface area (Å²) in [5.41, 5.74) is 2.07. The highest BCUT2D eigenvalue weighted by atomic mass is 32.2. The van der Waals surface area contributed by atoms with Crippen molar-refractivity contribution in [3.05, 3.63) is 82.9 Å². The van der Waals surface area contributed by atoms with Crippen LogP contribution in [-0.2, 0) is 10.0 Å². The molecule has 2 aromatic heterocycles. The Morgan fingerprint density at radius 2 is 1.75 bits per heavy atom. The number of sulfonamides is 1. The lowest BCUT2D eigenvalue weighted by molar-refractivity contribution is 0.102. The summed E-state index contributed by atoms with van der Waals surface area (Å²) in [5.74, 6) is 0.642. The second-order valence-electron chi connectivity index (χ2n) is 6.96. The Morgan fingerprint density at radius 3 is 2.38 bits per heavy atom. The van der Waals surface area contributed by atoms with Gasteiger partial charge < -0.3 is 4.42 Å². The van der Waals surface area contributed by atoms with Gasteiger partial charge in [0.25, 0.3) is 15.9 Å². The maximum Gasteiger partial charge on any atom is 0.261 e. The molecule has 0 saturated carbocycles. The minimum absolute atomic E-state index is 0.0271. The van der Waals surface area contributed by atoms with Crippen LogP contribution in [0.3, 0.4) is 0 Å². The zero-order chi connectivity index (χ0) is 22.9. The number of halogens is 1. The van der Waals surface area contributed by atoms with Crippen molar-refractivity contribution in [3.8, 4) is 11.3 Å². The number of hydrogen-bond acceptors (Lipinski definition) is 6. The van der Waals surface area contributed by atoms with E-state index >= 15 is 0 Å². The van der Waals surface area contributed by atoms with Crippen LogP contribution in [0.5, 0.6) is 0 Å². The highest BCUT2D eigenvalue weighted by Gasteiger charge is 2.17. The van der Waals surface area contributed by atoms with Crippen LogP contribution in [0.1, 0.15) is 21.9 Å². The van der Waals surface area contributed by atoms with Gasteiger partial charge in [-0.15, -0.1) is 11.3 Å². The van der Waals surface area contributed by atoms with Crippen molar-refractivity contribution in [2.75, 3.05) is 10.0 Å². The van der Waals surface area contributed by atoms with Crippen LogP contribution in [0.25, 0.3) is 11.3 Å². The van der Waals surface area contributed by atoms with Crippen molar-refractivity contribution in [3.63, 3.8) is 0 Å². The summed E-state index contributed by atoms with van der Waals surface area (Å²) in [6, 6.07) is 12.3.